The van der Waals surface area contributed by atoms with Crippen molar-refractivity contribution in [2.45, 2.75) is 24.8 Å². The summed E-state index contributed by atoms with van der Waals surface area (Å²) in [6.45, 7) is 0.336. The van der Waals surface area contributed by atoms with E-state index in [0.717, 1.165) is 22.4 Å². The van der Waals surface area contributed by atoms with Gasteiger partial charge in [-0.3, -0.25) is 14.6 Å². The molecule has 182 valence electrons. The van der Waals surface area contributed by atoms with E-state index in [-0.39, 0.29) is 24.1 Å². The second kappa shape index (κ2) is 10.3. The number of carbonyl (C=O) groups is 2. The van der Waals surface area contributed by atoms with Crippen molar-refractivity contribution < 1.29 is 18.7 Å². The number of nitrogens with zero attached hydrogens (tertiary/aromatic N) is 3. The van der Waals surface area contributed by atoms with Crippen LogP contribution in [0.4, 0.5) is 10.1 Å². The van der Waals surface area contributed by atoms with E-state index in [0.29, 0.717) is 29.0 Å². The molecule has 0 fully saturated rings. The molecule has 36 heavy (non-hydrogen) atoms. The van der Waals surface area contributed by atoms with Crippen molar-refractivity contribution in [1.29, 1.82) is 0 Å². The average Bonchev–Trinajstić information content (AvgIpc) is 3.22. The summed E-state index contributed by atoms with van der Waals surface area (Å²) in [5, 5.41) is 3.32. The number of amides is 2. The van der Waals surface area contributed by atoms with Crippen LogP contribution in [0, 0.1) is 5.82 Å². The molecule has 0 saturated heterocycles. The molecule has 0 spiro atoms. The Bertz CT molecular complexity index is 1370. The molecular weight excluding hydrogens is 479 g/mol. The van der Waals surface area contributed by atoms with E-state index in [9.17, 15) is 14.0 Å². The SMILES string of the molecule is COc1ccc(CNC(=O)C[C@@H]2N=C3c4ccccc4N=C(SCc4cccc(F)c4)N3C2=O)cc1. The third kappa shape index (κ3) is 5.01. The number of rotatable bonds is 7. The van der Waals surface area contributed by atoms with E-state index in [4.69, 9.17) is 4.74 Å². The summed E-state index contributed by atoms with van der Waals surface area (Å²) >= 11 is 1.33. The van der Waals surface area contributed by atoms with Gasteiger partial charge in [0.15, 0.2) is 5.17 Å². The monoisotopic (exact) mass is 502 g/mol. The molecule has 2 heterocycles. The van der Waals surface area contributed by atoms with Gasteiger partial charge in [0.2, 0.25) is 5.91 Å². The number of nitrogens with one attached hydrogen (secondary N) is 1. The lowest BCUT2D eigenvalue weighted by Crippen LogP contribution is -2.42. The van der Waals surface area contributed by atoms with Gasteiger partial charge in [0, 0.05) is 17.9 Å². The van der Waals surface area contributed by atoms with Gasteiger partial charge in [-0.05, 0) is 47.5 Å². The Morgan fingerprint density at radius 3 is 2.67 bits per heavy atom. The number of hydrogen-bond acceptors (Lipinski definition) is 6. The Morgan fingerprint density at radius 1 is 1.08 bits per heavy atom. The zero-order chi connectivity index (χ0) is 25.1. The first-order chi connectivity index (χ1) is 17.5. The Morgan fingerprint density at radius 2 is 1.89 bits per heavy atom. The molecule has 2 amide bonds. The summed E-state index contributed by atoms with van der Waals surface area (Å²) in [4.78, 5) is 36.8. The minimum Gasteiger partial charge on any atom is -0.497 e. The van der Waals surface area contributed by atoms with Crippen molar-refractivity contribution in [3.05, 3.63) is 95.3 Å². The van der Waals surface area contributed by atoms with Crippen molar-refractivity contribution in [3.8, 4) is 5.75 Å². The highest BCUT2D eigenvalue weighted by molar-refractivity contribution is 8.13. The van der Waals surface area contributed by atoms with E-state index >= 15 is 0 Å². The molecule has 5 rings (SSSR count). The topological polar surface area (TPSA) is 83.4 Å². The molecule has 0 aliphatic carbocycles. The first kappa shape index (κ1) is 23.7. The molecule has 0 unspecified atom stereocenters. The number of amidine groups is 2. The van der Waals surface area contributed by atoms with Crippen molar-refractivity contribution in [2.75, 3.05) is 7.11 Å². The van der Waals surface area contributed by atoms with Crippen molar-refractivity contribution in [3.63, 3.8) is 0 Å². The third-order valence-corrected chi connectivity index (χ3v) is 6.84. The predicted molar refractivity (Wildman–Crippen MR) is 138 cm³/mol. The van der Waals surface area contributed by atoms with Crippen LogP contribution < -0.4 is 10.1 Å². The minimum absolute atomic E-state index is 0.0704. The number of ether oxygens (including phenoxy) is 1. The fourth-order valence-corrected chi connectivity index (χ4v) is 4.94. The maximum atomic E-state index is 13.6. The Hall–Kier alpha value is -3.98. The van der Waals surface area contributed by atoms with E-state index in [2.05, 4.69) is 15.3 Å². The molecule has 0 bridgehead atoms. The van der Waals surface area contributed by atoms with E-state index < -0.39 is 6.04 Å². The van der Waals surface area contributed by atoms with E-state index in [1.54, 1.807) is 13.2 Å². The highest BCUT2D eigenvalue weighted by Crippen LogP contribution is 2.34. The number of benzene rings is 3. The number of halogens is 1. The van der Waals surface area contributed by atoms with Gasteiger partial charge in [-0.25, -0.2) is 14.3 Å². The molecule has 1 N–H and O–H groups in total. The van der Waals surface area contributed by atoms with Gasteiger partial charge in [-0.1, -0.05) is 48.2 Å². The normalized spacial score (nSPS) is 16.1. The van der Waals surface area contributed by atoms with Crippen LogP contribution in [-0.2, 0) is 21.9 Å². The maximum Gasteiger partial charge on any atom is 0.259 e. The van der Waals surface area contributed by atoms with Gasteiger partial charge < -0.3 is 10.1 Å². The van der Waals surface area contributed by atoms with Gasteiger partial charge in [0.1, 0.15) is 23.4 Å². The summed E-state index contributed by atoms with van der Waals surface area (Å²) in [5.74, 6) is 0.770. The number of para-hydroxylation sites is 1. The number of aliphatic imine (C=N–C) groups is 2. The van der Waals surface area contributed by atoms with E-state index in [1.807, 2.05) is 54.6 Å². The standard InChI is InChI=1S/C27H23FN4O3S/c1-35-20-11-9-17(10-12-20)15-29-24(33)14-23-26(34)32-25(30-23)21-7-2-3-8-22(21)31-27(32)36-16-18-5-4-6-19(28)13-18/h2-13,23H,14-16H2,1H3,(H,29,33)/t23-/m0/s1. The zero-order valence-electron chi connectivity index (χ0n) is 19.5. The molecule has 9 heteroatoms. The molecule has 2 aliphatic rings. The minimum atomic E-state index is -0.845. The largest absolute Gasteiger partial charge is 0.497 e. The molecule has 2 aliphatic heterocycles. The van der Waals surface area contributed by atoms with Crippen molar-refractivity contribution in [1.82, 2.24) is 10.2 Å². The lowest BCUT2D eigenvalue weighted by atomic mass is 10.1. The second-order valence-corrected chi connectivity index (χ2v) is 9.24. The summed E-state index contributed by atoms with van der Waals surface area (Å²) in [5.41, 5.74) is 3.14. The number of thioether (sulfide) groups is 1. The molecule has 1 atom stereocenters. The van der Waals surface area contributed by atoms with Crippen LogP contribution in [0.25, 0.3) is 0 Å². The van der Waals surface area contributed by atoms with Crippen LogP contribution in [0.1, 0.15) is 23.1 Å². The van der Waals surface area contributed by atoms with Gasteiger partial charge in [0.05, 0.1) is 19.2 Å². The Labute approximate surface area is 212 Å². The highest BCUT2D eigenvalue weighted by Gasteiger charge is 2.42. The molecule has 3 aromatic carbocycles. The average molecular weight is 503 g/mol. The smallest absolute Gasteiger partial charge is 0.259 e. The first-order valence-corrected chi connectivity index (χ1v) is 12.4. The number of fused-ring (bicyclic) bond motifs is 3. The summed E-state index contributed by atoms with van der Waals surface area (Å²) < 4.78 is 18.8. The number of carbonyl (C=O) groups excluding carboxylic acids is 2. The fraction of sp³-hybridized carbons (Fsp3) is 0.185. The molecular formula is C27H23FN4O3S. The third-order valence-electron chi connectivity index (χ3n) is 5.83. The van der Waals surface area contributed by atoms with Crippen molar-refractivity contribution >= 4 is 40.3 Å². The van der Waals surface area contributed by atoms with Gasteiger partial charge in [-0.2, -0.15) is 0 Å². The van der Waals surface area contributed by atoms with Crippen LogP contribution in [0.5, 0.6) is 5.75 Å². The Balaban J connectivity index is 1.30. The first-order valence-electron chi connectivity index (χ1n) is 11.4. The summed E-state index contributed by atoms with van der Waals surface area (Å²) in [7, 11) is 1.60. The summed E-state index contributed by atoms with van der Waals surface area (Å²) in [6.07, 6.45) is -0.0704. The fourth-order valence-electron chi connectivity index (χ4n) is 4.00. The van der Waals surface area contributed by atoms with Crippen LogP contribution in [0.2, 0.25) is 0 Å². The molecule has 3 aromatic rings. The lowest BCUT2D eigenvalue weighted by Gasteiger charge is -2.25. The Kier molecular flexibility index (Phi) is 6.81. The van der Waals surface area contributed by atoms with Crippen LogP contribution in [0.15, 0.2) is 82.8 Å². The van der Waals surface area contributed by atoms with Gasteiger partial charge in [0.25, 0.3) is 5.91 Å². The van der Waals surface area contributed by atoms with E-state index in [1.165, 1.54) is 28.8 Å². The summed E-state index contributed by atoms with van der Waals surface area (Å²) in [6, 6.07) is 20.3. The second-order valence-electron chi connectivity index (χ2n) is 8.30. The molecule has 0 aromatic heterocycles. The quantitative estimate of drug-likeness (QED) is 0.518. The van der Waals surface area contributed by atoms with Gasteiger partial charge in [-0.15, -0.1) is 0 Å². The van der Waals surface area contributed by atoms with Crippen LogP contribution >= 0.6 is 11.8 Å². The van der Waals surface area contributed by atoms with Crippen LogP contribution in [0.3, 0.4) is 0 Å². The van der Waals surface area contributed by atoms with Crippen molar-refractivity contribution in [2.24, 2.45) is 9.98 Å². The highest BCUT2D eigenvalue weighted by atomic mass is 32.2. The number of methoxy groups -OCH3 is 1. The van der Waals surface area contributed by atoms with Crippen LogP contribution in [-0.4, -0.2) is 40.9 Å². The lowest BCUT2D eigenvalue weighted by molar-refractivity contribution is -0.128. The van der Waals surface area contributed by atoms with Gasteiger partial charge >= 0.3 is 0 Å². The zero-order valence-corrected chi connectivity index (χ0v) is 20.3. The predicted octanol–water partition coefficient (Wildman–Crippen LogP) is 4.43. The maximum absolute atomic E-state index is 13.6. The number of hydrogen-bond donors (Lipinski definition) is 1. The molecule has 0 radical (unpaired) electrons. The molecule has 0 saturated carbocycles. The molecule has 7 nitrogen and oxygen atoms in total.